The van der Waals surface area contributed by atoms with Gasteiger partial charge in [-0.1, -0.05) is 12.1 Å². The first kappa shape index (κ1) is 16.1. The molecule has 6 heteroatoms. The fourth-order valence-corrected chi connectivity index (χ4v) is 3.01. The number of rotatable bonds is 4. The third-order valence-corrected chi connectivity index (χ3v) is 4.35. The van der Waals surface area contributed by atoms with Crippen molar-refractivity contribution < 1.29 is 14.2 Å². The molecule has 2 aromatic rings. The number of ether oxygens (including phenoxy) is 1. The van der Waals surface area contributed by atoms with E-state index in [0.717, 1.165) is 17.7 Å². The van der Waals surface area contributed by atoms with Gasteiger partial charge in [0.2, 0.25) is 0 Å². The summed E-state index contributed by atoms with van der Waals surface area (Å²) in [6.45, 7) is 4.57. The molecule has 1 fully saturated rings. The van der Waals surface area contributed by atoms with E-state index in [9.17, 15) is 9.50 Å². The van der Waals surface area contributed by atoms with Gasteiger partial charge in [0.25, 0.3) is 0 Å². The molecule has 0 radical (unpaired) electrons. The average Bonchev–Trinajstić information content (AvgIpc) is 2.95. The highest BCUT2D eigenvalue weighted by molar-refractivity contribution is 5.19. The van der Waals surface area contributed by atoms with Crippen molar-refractivity contribution in [2.75, 3.05) is 26.2 Å². The Labute approximate surface area is 135 Å². The lowest BCUT2D eigenvalue weighted by molar-refractivity contribution is -0.109. The van der Waals surface area contributed by atoms with Gasteiger partial charge in [-0.3, -0.25) is 9.58 Å². The molecule has 0 bridgehead atoms. The Bertz CT molecular complexity index is 658. The van der Waals surface area contributed by atoms with Crippen molar-refractivity contribution in [3.63, 3.8) is 0 Å². The first-order chi connectivity index (χ1) is 11.0. The van der Waals surface area contributed by atoms with Gasteiger partial charge in [0.15, 0.2) is 0 Å². The van der Waals surface area contributed by atoms with Gasteiger partial charge in [0.1, 0.15) is 11.4 Å². The van der Waals surface area contributed by atoms with E-state index in [1.165, 1.54) is 12.1 Å². The Balaban J connectivity index is 1.67. The lowest BCUT2D eigenvalue weighted by Crippen LogP contribution is -2.49. The van der Waals surface area contributed by atoms with Crippen LogP contribution in [0.25, 0.3) is 0 Å². The molecule has 23 heavy (non-hydrogen) atoms. The molecule has 1 saturated heterocycles. The molecule has 1 aromatic heterocycles. The molecule has 1 aliphatic heterocycles. The molecule has 0 spiro atoms. The SMILES string of the molecule is Cn1cc(C2(C)CN(CC(O)c3ccc(F)cc3)CCO2)cn1. The fourth-order valence-electron chi connectivity index (χ4n) is 3.01. The van der Waals surface area contributed by atoms with Crippen molar-refractivity contribution in [2.45, 2.75) is 18.6 Å². The van der Waals surface area contributed by atoms with E-state index in [0.29, 0.717) is 19.7 Å². The van der Waals surface area contributed by atoms with Crippen LogP contribution < -0.4 is 0 Å². The quantitative estimate of drug-likeness (QED) is 0.934. The summed E-state index contributed by atoms with van der Waals surface area (Å²) in [4.78, 5) is 2.17. The van der Waals surface area contributed by atoms with Gasteiger partial charge >= 0.3 is 0 Å². The predicted octanol–water partition coefficient (Wildman–Crippen LogP) is 1.84. The summed E-state index contributed by atoms with van der Waals surface area (Å²) in [6, 6.07) is 6.00. The van der Waals surface area contributed by atoms with Gasteiger partial charge in [-0.2, -0.15) is 5.10 Å². The normalized spacial score (nSPS) is 23.8. The number of aliphatic hydroxyl groups is 1. The van der Waals surface area contributed by atoms with E-state index < -0.39 is 11.7 Å². The molecule has 0 aliphatic carbocycles. The molecule has 1 N–H and O–H groups in total. The van der Waals surface area contributed by atoms with Gasteiger partial charge in [-0.25, -0.2) is 4.39 Å². The Morgan fingerprint density at radius 2 is 2.13 bits per heavy atom. The molecule has 2 heterocycles. The second-order valence-corrected chi connectivity index (χ2v) is 6.28. The van der Waals surface area contributed by atoms with Gasteiger partial charge in [0.05, 0.1) is 18.9 Å². The molecular formula is C17H22FN3O2. The minimum Gasteiger partial charge on any atom is -0.387 e. The minimum atomic E-state index is -0.646. The van der Waals surface area contributed by atoms with Crippen LogP contribution in [0.3, 0.4) is 0 Å². The van der Waals surface area contributed by atoms with Crippen LogP contribution >= 0.6 is 0 Å². The van der Waals surface area contributed by atoms with Crippen LogP contribution in [-0.2, 0) is 17.4 Å². The molecule has 3 rings (SSSR count). The van der Waals surface area contributed by atoms with Gasteiger partial charge < -0.3 is 9.84 Å². The number of benzene rings is 1. The summed E-state index contributed by atoms with van der Waals surface area (Å²) >= 11 is 0. The summed E-state index contributed by atoms with van der Waals surface area (Å²) in [5.74, 6) is -0.295. The highest BCUT2D eigenvalue weighted by atomic mass is 19.1. The Morgan fingerprint density at radius 3 is 2.78 bits per heavy atom. The monoisotopic (exact) mass is 319 g/mol. The highest BCUT2D eigenvalue weighted by Crippen LogP contribution is 2.30. The maximum Gasteiger partial charge on any atom is 0.123 e. The molecule has 1 aromatic carbocycles. The van der Waals surface area contributed by atoms with Crippen molar-refractivity contribution in [3.8, 4) is 0 Å². The summed E-state index contributed by atoms with van der Waals surface area (Å²) < 4.78 is 20.7. The Hall–Kier alpha value is -1.76. The number of hydrogen-bond acceptors (Lipinski definition) is 4. The van der Waals surface area contributed by atoms with Gasteiger partial charge in [-0.15, -0.1) is 0 Å². The van der Waals surface area contributed by atoms with Gasteiger partial charge in [-0.05, 0) is 24.6 Å². The summed E-state index contributed by atoms with van der Waals surface area (Å²) in [5, 5.41) is 14.6. The number of halogens is 1. The molecular weight excluding hydrogens is 297 g/mol. The zero-order valence-corrected chi connectivity index (χ0v) is 13.4. The van der Waals surface area contributed by atoms with Crippen molar-refractivity contribution >= 4 is 0 Å². The first-order valence-electron chi connectivity index (χ1n) is 7.75. The summed E-state index contributed by atoms with van der Waals surface area (Å²) in [5.41, 5.74) is 1.32. The number of hydrogen-bond donors (Lipinski definition) is 1. The van der Waals surface area contributed by atoms with Crippen molar-refractivity contribution in [2.24, 2.45) is 7.05 Å². The third kappa shape index (κ3) is 3.60. The maximum atomic E-state index is 13.0. The number of nitrogens with zero attached hydrogens (tertiary/aromatic N) is 3. The lowest BCUT2D eigenvalue weighted by atomic mass is 9.96. The van der Waals surface area contributed by atoms with E-state index in [-0.39, 0.29) is 5.82 Å². The van der Waals surface area contributed by atoms with Crippen LogP contribution in [0, 0.1) is 5.82 Å². The van der Waals surface area contributed by atoms with Crippen LogP contribution in [0.1, 0.15) is 24.2 Å². The number of aryl methyl sites for hydroxylation is 1. The third-order valence-electron chi connectivity index (χ3n) is 4.35. The van der Waals surface area contributed by atoms with E-state index >= 15 is 0 Å². The van der Waals surface area contributed by atoms with Crippen molar-refractivity contribution in [1.82, 2.24) is 14.7 Å². The predicted molar refractivity (Wildman–Crippen MR) is 84.3 cm³/mol. The lowest BCUT2D eigenvalue weighted by Gasteiger charge is -2.40. The molecule has 2 unspecified atom stereocenters. The van der Waals surface area contributed by atoms with Crippen LogP contribution in [-0.4, -0.2) is 46.0 Å². The zero-order chi connectivity index (χ0) is 16.4. The summed E-state index contributed by atoms with van der Waals surface area (Å²) in [6.07, 6.45) is 3.13. The number of morpholine rings is 1. The van der Waals surface area contributed by atoms with E-state index in [1.807, 2.05) is 26.4 Å². The molecule has 1 aliphatic rings. The first-order valence-corrected chi connectivity index (χ1v) is 7.75. The van der Waals surface area contributed by atoms with E-state index in [2.05, 4.69) is 10.00 Å². The second-order valence-electron chi connectivity index (χ2n) is 6.28. The fraction of sp³-hybridized carbons (Fsp3) is 0.471. The average molecular weight is 319 g/mol. The van der Waals surface area contributed by atoms with Crippen LogP contribution in [0.2, 0.25) is 0 Å². The molecule has 0 saturated carbocycles. The van der Waals surface area contributed by atoms with Crippen molar-refractivity contribution in [3.05, 3.63) is 53.6 Å². The molecule has 5 nitrogen and oxygen atoms in total. The number of aliphatic hydroxyl groups excluding tert-OH is 1. The number of β-amino-alcohol motifs (C(OH)–C–C–N with tert-alkyl or cyclic N) is 1. The highest BCUT2D eigenvalue weighted by Gasteiger charge is 2.35. The van der Waals surface area contributed by atoms with E-state index in [1.54, 1.807) is 16.8 Å². The second kappa shape index (κ2) is 6.39. The topological polar surface area (TPSA) is 50.5 Å². The largest absolute Gasteiger partial charge is 0.387 e. The number of aromatic nitrogens is 2. The Kier molecular flexibility index (Phi) is 4.48. The van der Waals surface area contributed by atoms with Crippen LogP contribution in [0.5, 0.6) is 0 Å². The minimum absolute atomic E-state index is 0.295. The van der Waals surface area contributed by atoms with Crippen LogP contribution in [0.4, 0.5) is 4.39 Å². The van der Waals surface area contributed by atoms with Crippen LogP contribution in [0.15, 0.2) is 36.7 Å². The van der Waals surface area contributed by atoms with E-state index in [4.69, 9.17) is 4.74 Å². The smallest absolute Gasteiger partial charge is 0.123 e. The molecule has 2 atom stereocenters. The van der Waals surface area contributed by atoms with Crippen molar-refractivity contribution in [1.29, 1.82) is 0 Å². The standard InChI is InChI=1S/C17H22FN3O2/c1-17(14-9-19-20(2)10-14)12-21(7-8-23-17)11-16(22)13-3-5-15(18)6-4-13/h3-6,9-10,16,22H,7-8,11-12H2,1-2H3. The summed E-state index contributed by atoms with van der Waals surface area (Å²) in [7, 11) is 1.88. The molecule has 124 valence electrons. The maximum absolute atomic E-state index is 13.0. The Morgan fingerprint density at radius 1 is 1.39 bits per heavy atom. The zero-order valence-electron chi connectivity index (χ0n) is 13.4. The molecule has 0 amide bonds. The van der Waals surface area contributed by atoms with Gasteiger partial charge in [0, 0.05) is 38.4 Å².